The number of hydrogen-bond donors (Lipinski definition) is 1. The largest absolute Gasteiger partial charge is 0.491 e. The first-order chi connectivity index (χ1) is 9.94. The number of benzene rings is 1. The van der Waals surface area contributed by atoms with Crippen LogP contribution in [0.15, 0.2) is 18.2 Å². The molecule has 1 N–H and O–H groups in total. The molecule has 1 aromatic rings. The number of methoxy groups -OCH3 is 1. The average Bonchev–Trinajstić information content (AvgIpc) is 2.41. The van der Waals surface area contributed by atoms with Gasteiger partial charge < -0.3 is 19.5 Å². The second-order valence-corrected chi connectivity index (χ2v) is 6.12. The normalized spacial score (nSPS) is 11.7. The molecule has 1 rings (SSSR count). The maximum Gasteiger partial charge on any atom is 0.126 e. The van der Waals surface area contributed by atoms with Gasteiger partial charge in [0.1, 0.15) is 12.4 Å². The second-order valence-electron chi connectivity index (χ2n) is 6.12. The number of ether oxygens (including phenoxy) is 3. The van der Waals surface area contributed by atoms with Gasteiger partial charge in [0.2, 0.25) is 0 Å². The minimum absolute atomic E-state index is 0.0876. The Balaban J connectivity index is 2.51. The summed E-state index contributed by atoms with van der Waals surface area (Å²) in [4.78, 5) is 0. The highest BCUT2D eigenvalue weighted by Crippen LogP contribution is 2.23. The standard InChI is InChI=1S/C17H29NO3/c1-14-7-6-8-15(13-18-17(2,3)4)16(14)21-12-11-20-10-9-19-5/h6-8,18H,9-13H2,1-5H3. The predicted octanol–water partition coefficient (Wildman–Crippen LogP) is 2.92. The Morgan fingerprint density at radius 2 is 1.76 bits per heavy atom. The number of nitrogens with one attached hydrogen (secondary N) is 1. The fourth-order valence-corrected chi connectivity index (χ4v) is 1.87. The van der Waals surface area contributed by atoms with Crippen LogP contribution in [0.4, 0.5) is 0 Å². The molecule has 0 spiro atoms. The van der Waals surface area contributed by atoms with Crippen LogP contribution in [-0.4, -0.2) is 39.1 Å². The minimum atomic E-state index is 0.0876. The van der Waals surface area contributed by atoms with E-state index in [1.165, 1.54) is 5.56 Å². The summed E-state index contributed by atoms with van der Waals surface area (Å²) < 4.78 is 16.3. The predicted molar refractivity (Wildman–Crippen MR) is 86.0 cm³/mol. The maximum atomic E-state index is 5.91. The quantitative estimate of drug-likeness (QED) is 0.711. The van der Waals surface area contributed by atoms with Crippen molar-refractivity contribution >= 4 is 0 Å². The Bertz CT molecular complexity index is 413. The molecule has 0 amide bonds. The lowest BCUT2D eigenvalue weighted by Crippen LogP contribution is -2.35. The fraction of sp³-hybridized carbons (Fsp3) is 0.647. The van der Waals surface area contributed by atoms with Crippen LogP contribution in [0.3, 0.4) is 0 Å². The molecule has 120 valence electrons. The summed E-state index contributed by atoms with van der Waals surface area (Å²) in [6.45, 7) is 11.7. The van der Waals surface area contributed by atoms with Gasteiger partial charge in [0.05, 0.1) is 19.8 Å². The topological polar surface area (TPSA) is 39.7 Å². The fourth-order valence-electron chi connectivity index (χ4n) is 1.87. The van der Waals surface area contributed by atoms with Crippen molar-refractivity contribution in [1.82, 2.24) is 5.32 Å². The van der Waals surface area contributed by atoms with Gasteiger partial charge >= 0.3 is 0 Å². The van der Waals surface area contributed by atoms with E-state index >= 15 is 0 Å². The van der Waals surface area contributed by atoms with Gasteiger partial charge in [-0.05, 0) is 33.3 Å². The van der Waals surface area contributed by atoms with Crippen LogP contribution in [0, 0.1) is 6.92 Å². The molecule has 0 atom stereocenters. The summed E-state index contributed by atoms with van der Waals surface area (Å²) in [5, 5.41) is 3.50. The smallest absolute Gasteiger partial charge is 0.126 e. The van der Waals surface area contributed by atoms with Crippen LogP contribution in [0.1, 0.15) is 31.9 Å². The highest BCUT2D eigenvalue weighted by molar-refractivity contribution is 5.40. The van der Waals surface area contributed by atoms with Crippen LogP contribution in [0.2, 0.25) is 0 Å². The van der Waals surface area contributed by atoms with E-state index in [2.05, 4.69) is 51.2 Å². The number of aryl methyl sites for hydroxylation is 1. The van der Waals surface area contributed by atoms with Gasteiger partial charge in [0.15, 0.2) is 0 Å². The van der Waals surface area contributed by atoms with Crippen molar-refractivity contribution in [2.24, 2.45) is 0 Å². The van der Waals surface area contributed by atoms with Crippen molar-refractivity contribution in [3.63, 3.8) is 0 Å². The van der Waals surface area contributed by atoms with E-state index in [1.54, 1.807) is 7.11 Å². The van der Waals surface area contributed by atoms with Gasteiger partial charge in [0.25, 0.3) is 0 Å². The molecule has 0 unspecified atom stereocenters. The highest BCUT2D eigenvalue weighted by Gasteiger charge is 2.12. The van der Waals surface area contributed by atoms with Gasteiger partial charge in [0, 0.05) is 24.8 Å². The third-order valence-electron chi connectivity index (χ3n) is 3.01. The molecule has 0 aromatic heterocycles. The molecule has 0 heterocycles. The summed E-state index contributed by atoms with van der Waals surface area (Å²) >= 11 is 0. The van der Waals surface area contributed by atoms with Crippen molar-refractivity contribution in [2.75, 3.05) is 33.5 Å². The second kappa shape index (κ2) is 9.03. The summed E-state index contributed by atoms with van der Waals surface area (Å²) in [6.07, 6.45) is 0. The molecule has 21 heavy (non-hydrogen) atoms. The molecule has 0 aliphatic rings. The molecule has 0 bridgehead atoms. The number of para-hydroxylation sites is 1. The Hall–Kier alpha value is -1.10. The lowest BCUT2D eigenvalue weighted by atomic mass is 10.1. The number of hydrogen-bond acceptors (Lipinski definition) is 4. The first kappa shape index (κ1) is 18.0. The van der Waals surface area contributed by atoms with Gasteiger partial charge in [-0.25, -0.2) is 0 Å². The van der Waals surface area contributed by atoms with Crippen LogP contribution in [0.5, 0.6) is 5.75 Å². The van der Waals surface area contributed by atoms with E-state index in [0.29, 0.717) is 26.4 Å². The summed E-state index contributed by atoms with van der Waals surface area (Å²) in [5.74, 6) is 0.963. The van der Waals surface area contributed by atoms with Crippen LogP contribution in [-0.2, 0) is 16.0 Å². The Kier molecular flexibility index (Phi) is 7.72. The summed E-state index contributed by atoms with van der Waals surface area (Å²) in [5.41, 5.74) is 2.42. The van der Waals surface area contributed by atoms with E-state index in [4.69, 9.17) is 14.2 Å². The van der Waals surface area contributed by atoms with Crippen LogP contribution < -0.4 is 10.1 Å². The van der Waals surface area contributed by atoms with E-state index in [1.807, 2.05) is 0 Å². The zero-order valence-electron chi connectivity index (χ0n) is 14.0. The maximum absolute atomic E-state index is 5.91. The Labute approximate surface area is 128 Å². The van der Waals surface area contributed by atoms with Crippen molar-refractivity contribution in [3.05, 3.63) is 29.3 Å². The van der Waals surface area contributed by atoms with Crippen molar-refractivity contribution in [1.29, 1.82) is 0 Å². The highest BCUT2D eigenvalue weighted by atomic mass is 16.5. The monoisotopic (exact) mass is 295 g/mol. The molecule has 4 heteroatoms. The van der Waals surface area contributed by atoms with Crippen LogP contribution in [0.25, 0.3) is 0 Å². The van der Waals surface area contributed by atoms with Gasteiger partial charge in [-0.2, -0.15) is 0 Å². The van der Waals surface area contributed by atoms with E-state index in [0.717, 1.165) is 17.9 Å². The molecule has 1 aromatic carbocycles. The van der Waals surface area contributed by atoms with Gasteiger partial charge in [-0.1, -0.05) is 18.2 Å². The Morgan fingerprint density at radius 1 is 1.05 bits per heavy atom. The molecule has 0 saturated carbocycles. The Morgan fingerprint density at radius 3 is 2.43 bits per heavy atom. The van der Waals surface area contributed by atoms with E-state index in [-0.39, 0.29) is 5.54 Å². The third-order valence-corrected chi connectivity index (χ3v) is 3.01. The molecule has 0 saturated heterocycles. The lowest BCUT2D eigenvalue weighted by Gasteiger charge is -2.22. The average molecular weight is 295 g/mol. The minimum Gasteiger partial charge on any atom is -0.491 e. The SMILES string of the molecule is COCCOCCOc1c(C)cccc1CNC(C)(C)C. The molecular weight excluding hydrogens is 266 g/mol. The summed E-state index contributed by atoms with van der Waals surface area (Å²) in [6, 6.07) is 6.24. The third kappa shape index (κ3) is 7.46. The van der Waals surface area contributed by atoms with E-state index in [9.17, 15) is 0 Å². The zero-order chi connectivity index (χ0) is 15.7. The summed E-state index contributed by atoms with van der Waals surface area (Å²) in [7, 11) is 1.67. The van der Waals surface area contributed by atoms with Gasteiger partial charge in [-0.15, -0.1) is 0 Å². The number of rotatable bonds is 9. The van der Waals surface area contributed by atoms with Crippen LogP contribution >= 0.6 is 0 Å². The first-order valence-corrected chi connectivity index (χ1v) is 7.47. The lowest BCUT2D eigenvalue weighted by molar-refractivity contribution is 0.0541. The molecule has 4 nitrogen and oxygen atoms in total. The molecule has 0 aliphatic carbocycles. The first-order valence-electron chi connectivity index (χ1n) is 7.47. The van der Waals surface area contributed by atoms with Crippen molar-refractivity contribution in [2.45, 2.75) is 39.8 Å². The van der Waals surface area contributed by atoms with Gasteiger partial charge in [-0.3, -0.25) is 0 Å². The van der Waals surface area contributed by atoms with Crippen molar-refractivity contribution in [3.8, 4) is 5.75 Å². The molecular formula is C17H29NO3. The zero-order valence-corrected chi connectivity index (χ0v) is 14.0. The van der Waals surface area contributed by atoms with Crippen molar-refractivity contribution < 1.29 is 14.2 Å². The molecule has 0 fully saturated rings. The van der Waals surface area contributed by atoms with E-state index < -0.39 is 0 Å². The molecule has 0 aliphatic heterocycles. The molecule has 0 radical (unpaired) electrons.